The Hall–Kier alpha value is -3.73. The summed E-state index contributed by atoms with van der Waals surface area (Å²) in [6.07, 6.45) is 2.89. The van der Waals surface area contributed by atoms with Gasteiger partial charge < -0.3 is 15.0 Å². The average Bonchev–Trinajstić information content (AvgIpc) is 3.40. The van der Waals surface area contributed by atoms with E-state index in [1.165, 1.54) is 12.1 Å². The van der Waals surface area contributed by atoms with Crippen LogP contribution in [0.4, 0.5) is 4.39 Å². The molecule has 0 aliphatic carbocycles. The van der Waals surface area contributed by atoms with Crippen LogP contribution in [0.15, 0.2) is 48.7 Å². The summed E-state index contributed by atoms with van der Waals surface area (Å²) < 4.78 is 22.3. The molecule has 6 nitrogen and oxygen atoms in total. The molecule has 7 heteroatoms. The van der Waals surface area contributed by atoms with Gasteiger partial charge in [0.05, 0.1) is 30.1 Å². The number of nitriles is 1. The van der Waals surface area contributed by atoms with Crippen LogP contribution in [-0.2, 0) is 13.6 Å². The largest absolute Gasteiger partial charge is 0.497 e. The second-order valence-electron chi connectivity index (χ2n) is 9.25. The van der Waals surface area contributed by atoms with Gasteiger partial charge in [-0.1, -0.05) is 6.07 Å². The molecule has 35 heavy (non-hydrogen) atoms. The maximum absolute atomic E-state index is 14.8. The molecule has 2 aromatic heterocycles. The smallest absolute Gasteiger partial charge is 0.141 e. The molecule has 2 aromatic carbocycles. The number of benzene rings is 2. The number of hydrogen-bond acceptors (Lipinski definition) is 5. The van der Waals surface area contributed by atoms with E-state index < -0.39 is 5.82 Å². The van der Waals surface area contributed by atoms with Gasteiger partial charge in [0.25, 0.3) is 0 Å². The van der Waals surface area contributed by atoms with E-state index >= 15 is 0 Å². The number of aryl methyl sites for hydroxylation is 2. The molecule has 1 atom stereocenters. The van der Waals surface area contributed by atoms with E-state index in [2.05, 4.69) is 15.5 Å². The highest BCUT2D eigenvalue weighted by atomic mass is 19.1. The Morgan fingerprint density at radius 3 is 2.71 bits per heavy atom. The van der Waals surface area contributed by atoms with Gasteiger partial charge in [0.1, 0.15) is 17.6 Å². The summed E-state index contributed by atoms with van der Waals surface area (Å²) >= 11 is 0. The van der Waals surface area contributed by atoms with Crippen LogP contribution in [-0.4, -0.2) is 40.7 Å². The van der Waals surface area contributed by atoms with Crippen LogP contribution in [0.3, 0.4) is 0 Å². The van der Waals surface area contributed by atoms with Gasteiger partial charge in [0.2, 0.25) is 0 Å². The van der Waals surface area contributed by atoms with Gasteiger partial charge >= 0.3 is 0 Å². The number of fused-ring (bicyclic) bond motifs is 1. The first-order chi connectivity index (χ1) is 16.9. The van der Waals surface area contributed by atoms with Crippen molar-refractivity contribution in [3.63, 3.8) is 0 Å². The normalized spacial score (nSPS) is 16.1. The quantitative estimate of drug-likeness (QED) is 0.456. The SMILES string of the molecule is COc1ccc(-c2ncc3c(cc(CN4CC[C@H](N)C4)n3C)c2-c2ccc(C#N)c(F)c2)c(C)c1. The first kappa shape index (κ1) is 23.0. The predicted octanol–water partition coefficient (Wildman–Crippen LogP) is 4.77. The van der Waals surface area contributed by atoms with Crippen molar-refractivity contribution in [3.05, 3.63) is 71.3 Å². The van der Waals surface area contributed by atoms with Gasteiger partial charge in [-0.05, 0) is 60.9 Å². The van der Waals surface area contributed by atoms with Crippen LogP contribution in [0.1, 0.15) is 23.2 Å². The molecule has 3 heterocycles. The Morgan fingerprint density at radius 2 is 2.06 bits per heavy atom. The van der Waals surface area contributed by atoms with E-state index in [1.54, 1.807) is 13.2 Å². The van der Waals surface area contributed by atoms with Crippen molar-refractivity contribution >= 4 is 10.9 Å². The van der Waals surface area contributed by atoms with Gasteiger partial charge in [-0.15, -0.1) is 0 Å². The van der Waals surface area contributed by atoms with Crippen molar-refractivity contribution < 1.29 is 9.13 Å². The number of likely N-dealkylation sites (tertiary alicyclic amines) is 1. The topological polar surface area (TPSA) is 80.1 Å². The van der Waals surface area contributed by atoms with Gasteiger partial charge in [0, 0.05) is 54.9 Å². The Kier molecular flexibility index (Phi) is 6.01. The Bertz CT molecular complexity index is 1470. The summed E-state index contributed by atoms with van der Waals surface area (Å²) in [4.78, 5) is 7.24. The van der Waals surface area contributed by atoms with Crippen molar-refractivity contribution in [1.82, 2.24) is 14.5 Å². The van der Waals surface area contributed by atoms with Crippen LogP contribution in [0.25, 0.3) is 33.3 Å². The van der Waals surface area contributed by atoms with E-state index in [0.29, 0.717) is 5.56 Å². The highest BCUT2D eigenvalue weighted by molar-refractivity contribution is 6.02. The summed E-state index contributed by atoms with van der Waals surface area (Å²) in [7, 11) is 3.68. The second kappa shape index (κ2) is 9.14. The number of rotatable bonds is 5. The van der Waals surface area contributed by atoms with Crippen LogP contribution >= 0.6 is 0 Å². The lowest BCUT2D eigenvalue weighted by molar-refractivity contribution is 0.319. The summed E-state index contributed by atoms with van der Waals surface area (Å²) in [6.45, 7) is 4.66. The first-order valence-corrected chi connectivity index (χ1v) is 11.7. The number of nitrogens with zero attached hydrogens (tertiary/aromatic N) is 4. The minimum absolute atomic E-state index is 0.0233. The van der Waals surface area contributed by atoms with Gasteiger partial charge in [-0.3, -0.25) is 9.88 Å². The molecule has 0 amide bonds. The Morgan fingerprint density at radius 1 is 1.23 bits per heavy atom. The number of aromatic nitrogens is 2. The van der Waals surface area contributed by atoms with Gasteiger partial charge in [0.15, 0.2) is 0 Å². The number of pyridine rings is 1. The highest BCUT2D eigenvalue weighted by Crippen LogP contribution is 2.40. The monoisotopic (exact) mass is 469 g/mol. The van der Waals surface area contributed by atoms with Crippen molar-refractivity contribution in [1.29, 1.82) is 5.26 Å². The van der Waals surface area contributed by atoms with E-state index in [-0.39, 0.29) is 11.6 Å². The number of halogens is 1. The Balaban J connectivity index is 1.73. The summed E-state index contributed by atoms with van der Waals surface area (Å²) in [5.74, 6) is 0.228. The lowest BCUT2D eigenvalue weighted by Crippen LogP contribution is -2.26. The average molecular weight is 470 g/mol. The zero-order chi connectivity index (χ0) is 24.7. The fourth-order valence-electron chi connectivity index (χ4n) is 5.02. The molecule has 1 fully saturated rings. The number of methoxy groups -OCH3 is 1. The standard InChI is InChI=1S/C28H28FN5O/c1-17-10-22(35-3)6-7-23(17)28-27(18-4-5-19(13-30)25(29)11-18)24-12-21(33(2)26(24)14-32-28)16-34-9-8-20(31)15-34/h4-7,10-12,14,20H,8-9,15-16,31H2,1-3H3/t20-/m0/s1. The fraction of sp³-hybridized carbons (Fsp3) is 0.286. The van der Waals surface area contributed by atoms with Crippen LogP contribution < -0.4 is 10.5 Å². The molecule has 0 radical (unpaired) electrons. The minimum atomic E-state index is -0.540. The van der Waals surface area contributed by atoms with Crippen molar-refractivity contribution in [3.8, 4) is 34.2 Å². The maximum Gasteiger partial charge on any atom is 0.141 e. The number of ether oxygens (including phenoxy) is 1. The van der Waals surface area contributed by atoms with E-state index in [1.807, 2.05) is 44.4 Å². The minimum Gasteiger partial charge on any atom is -0.497 e. The molecule has 0 bridgehead atoms. The third-order valence-corrected chi connectivity index (χ3v) is 6.96. The fourth-order valence-corrected chi connectivity index (χ4v) is 5.02. The summed E-state index contributed by atoms with van der Waals surface area (Å²) in [5.41, 5.74) is 12.5. The van der Waals surface area contributed by atoms with E-state index in [4.69, 9.17) is 15.5 Å². The van der Waals surface area contributed by atoms with Gasteiger partial charge in [-0.2, -0.15) is 5.26 Å². The molecule has 1 aliphatic heterocycles. The van der Waals surface area contributed by atoms with E-state index in [0.717, 1.165) is 70.8 Å². The summed E-state index contributed by atoms with van der Waals surface area (Å²) in [5, 5.41) is 10.2. The molecule has 4 aromatic rings. The molecule has 2 N–H and O–H groups in total. The highest BCUT2D eigenvalue weighted by Gasteiger charge is 2.23. The third kappa shape index (κ3) is 4.16. The lowest BCUT2D eigenvalue weighted by atomic mass is 9.93. The molecule has 5 rings (SSSR count). The summed E-state index contributed by atoms with van der Waals surface area (Å²) in [6, 6.07) is 14.9. The van der Waals surface area contributed by atoms with Crippen molar-refractivity contribution in [2.75, 3.05) is 20.2 Å². The van der Waals surface area contributed by atoms with Crippen LogP contribution in [0.5, 0.6) is 5.75 Å². The van der Waals surface area contributed by atoms with Crippen LogP contribution in [0, 0.1) is 24.1 Å². The zero-order valence-electron chi connectivity index (χ0n) is 20.2. The second-order valence-corrected chi connectivity index (χ2v) is 9.25. The van der Waals surface area contributed by atoms with Crippen LogP contribution in [0.2, 0.25) is 0 Å². The number of nitrogens with two attached hydrogens (primary N) is 1. The Labute approximate surface area is 204 Å². The van der Waals surface area contributed by atoms with E-state index in [9.17, 15) is 9.65 Å². The maximum atomic E-state index is 14.8. The van der Waals surface area contributed by atoms with Crippen molar-refractivity contribution in [2.45, 2.75) is 25.9 Å². The molecular formula is C28H28FN5O. The predicted molar refractivity (Wildman–Crippen MR) is 135 cm³/mol. The molecule has 0 unspecified atom stereocenters. The molecule has 1 aliphatic rings. The molecular weight excluding hydrogens is 441 g/mol. The lowest BCUT2D eigenvalue weighted by Gasteiger charge is -2.15. The first-order valence-electron chi connectivity index (χ1n) is 11.7. The van der Waals surface area contributed by atoms with Crippen molar-refractivity contribution in [2.24, 2.45) is 12.8 Å². The molecule has 178 valence electrons. The molecule has 0 spiro atoms. The zero-order valence-corrected chi connectivity index (χ0v) is 20.2. The van der Waals surface area contributed by atoms with Gasteiger partial charge in [-0.25, -0.2) is 4.39 Å². The number of hydrogen-bond donors (Lipinski definition) is 1. The third-order valence-electron chi connectivity index (χ3n) is 6.96. The molecule has 0 saturated carbocycles. The molecule has 1 saturated heterocycles.